The van der Waals surface area contributed by atoms with E-state index in [0.29, 0.717) is 12.0 Å². The van der Waals surface area contributed by atoms with Crippen LogP contribution in [0.25, 0.3) is 11.3 Å². The predicted molar refractivity (Wildman–Crippen MR) is 101 cm³/mol. The zero-order valence-electron chi connectivity index (χ0n) is 14.6. The molecule has 2 N–H and O–H groups in total. The number of aromatic nitrogens is 2. The maximum atomic E-state index is 4.69. The van der Waals surface area contributed by atoms with Crippen LogP contribution in [0.5, 0.6) is 0 Å². The summed E-state index contributed by atoms with van der Waals surface area (Å²) in [5.41, 5.74) is 2.10. The van der Waals surface area contributed by atoms with Crippen LogP contribution in [0.3, 0.4) is 0 Å². The summed E-state index contributed by atoms with van der Waals surface area (Å²) in [6, 6.07) is 12.9. The number of nitrogens with zero attached hydrogens (tertiary/aromatic N) is 2. The van der Waals surface area contributed by atoms with Gasteiger partial charge in [-0.2, -0.15) is 4.98 Å². The Bertz CT molecular complexity index is 619. The van der Waals surface area contributed by atoms with Crippen molar-refractivity contribution in [1.82, 2.24) is 9.97 Å². The molecular weight excluding hydrogens is 296 g/mol. The van der Waals surface area contributed by atoms with E-state index in [0.717, 1.165) is 30.0 Å². The highest BCUT2D eigenvalue weighted by Gasteiger charge is 2.14. The molecule has 1 aromatic carbocycles. The Balaban J connectivity index is 1.83. The molecule has 4 nitrogen and oxygen atoms in total. The summed E-state index contributed by atoms with van der Waals surface area (Å²) < 4.78 is 0. The van der Waals surface area contributed by atoms with Crippen molar-refractivity contribution in [3.63, 3.8) is 0 Å². The van der Waals surface area contributed by atoms with Crippen LogP contribution in [0.1, 0.15) is 51.9 Å². The number of nitrogens with one attached hydrogen (secondary N) is 2. The minimum atomic E-state index is 0.532. The first-order valence-electron chi connectivity index (χ1n) is 9.30. The molecule has 0 bridgehead atoms. The molecule has 1 heterocycles. The summed E-state index contributed by atoms with van der Waals surface area (Å²) in [6.45, 7) is 3.04. The lowest BCUT2D eigenvalue weighted by Gasteiger charge is -2.18. The van der Waals surface area contributed by atoms with Crippen LogP contribution >= 0.6 is 0 Å². The lowest BCUT2D eigenvalue weighted by Crippen LogP contribution is -2.19. The molecule has 1 aromatic heterocycles. The molecule has 128 valence electrons. The van der Waals surface area contributed by atoms with Crippen LogP contribution in [0.2, 0.25) is 0 Å². The van der Waals surface area contributed by atoms with Crippen LogP contribution in [0.15, 0.2) is 36.4 Å². The van der Waals surface area contributed by atoms with Crippen molar-refractivity contribution in [1.29, 1.82) is 0 Å². The van der Waals surface area contributed by atoms with Gasteiger partial charge in [0.05, 0.1) is 5.69 Å². The maximum Gasteiger partial charge on any atom is 0.225 e. The Kier molecular flexibility index (Phi) is 6.05. The van der Waals surface area contributed by atoms with Gasteiger partial charge in [-0.3, -0.25) is 0 Å². The van der Waals surface area contributed by atoms with E-state index in [1.165, 1.54) is 38.5 Å². The van der Waals surface area contributed by atoms with Crippen molar-refractivity contribution in [2.75, 3.05) is 17.2 Å². The van der Waals surface area contributed by atoms with E-state index in [1.807, 2.05) is 6.07 Å². The standard InChI is InChI=1S/C20H28N4/c1-2-14-21-20-23-18(16-10-6-5-7-11-16)15-19(24-20)22-17-12-8-3-4-9-13-17/h5-7,10-11,15,17H,2-4,8-9,12-14H2,1H3,(H2,21,22,23,24). The molecule has 0 radical (unpaired) electrons. The summed E-state index contributed by atoms with van der Waals surface area (Å²) in [5, 5.41) is 6.99. The fraction of sp³-hybridized carbons (Fsp3) is 0.500. The third-order valence-corrected chi connectivity index (χ3v) is 4.54. The Morgan fingerprint density at radius 3 is 2.46 bits per heavy atom. The highest BCUT2D eigenvalue weighted by Crippen LogP contribution is 2.24. The third kappa shape index (κ3) is 4.70. The molecule has 0 aliphatic heterocycles. The Morgan fingerprint density at radius 2 is 1.75 bits per heavy atom. The van der Waals surface area contributed by atoms with Crippen LogP contribution in [-0.2, 0) is 0 Å². The number of rotatable bonds is 6. The molecule has 1 aliphatic carbocycles. The monoisotopic (exact) mass is 324 g/mol. The third-order valence-electron chi connectivity index (χ3n) is 4.54. The average Bonchev–Trinajstić information content (AvgIpc) is 2.89. The van der Waals surface area contributed by atoms with Gasteiger partial charge in [0.15, 0.2) is 0 Å². The van der Waals surface area contributed by atoms with E-state index in [9.17, 15) is 0 Å². The van der Waals surface area contributed by atoms with Crippen LogP contribution < -0.4 is 10.6 Å². The minimum Gasteiger partial charge on any atom is -0.367 e. The number of hydrogen-bond donors (Lipinski definition) is 2. The maximum absolute atomic E-state index is 4.69. The highest BCUT2D eigenvalue weighted by atomic mass is 15.1. The summed E-state index contributed by atoms with van der Waals surface area (Å²) in [6.07, 6.45) is 8.89. The number of anilines is 2. The fourth-order valence-corrected chi connectivity index (χ4v) is 3.23. The van der Waals surface area contributed by atoms with Crippen molar-refractivity contribution >= 4 is 11.8 Å². The van der Waals surface area contributed by atoms with Crippen molar-refractivity contribution in [2.45, 2.75) is 57.9 Å². The van der Waals surface area contributed by atoms with Gasteiger partial charge in [0.25, 0.3) is 0 Å². The molecule has 3 rings (SSSR count). The summed E-state index contributed by atoms with van der Waals surface area (Å²) in [5.74, 6) is 1.66. The van der Waals surface area contributed by atoms with Crippen molar-refractivity contribution < 1.29 is 0 Å². The van der Waals surface area contributed by atoms with Gasteiger partial charge >= 0.3 is 0 Å². The Morgan fingerprint density at radius 1 is 1.00 bits per heavy atom. The van der Waals surface area contributed by atoms with Gasteiger partial charge in [0, 0.05) is 24.2 Å². The SMILES string of the molecule is CCCNc1nc(NC2CCCCCC2)cc(-c2ccccc2)n1. The molecule has 1 fully saturated rings. The quantitative estimate of drug-likeness (QED) is 0.726. The first-order chi connectivity index (χ1) is 11.8. The first kappa shape index (κ1) is 16.7. The average molecular weight is 324 g/mol. The van der Waals surface area contributed by atoms with Gasteiger partial charge in [-0.1, -0.05) is 62.9 Å². The molecule has 0 unspecified atom stereocenters. The van der Waals surface area contributed by atoms with Gasteiger partial charge < -0.3 is 10.6 Å². The highest BCUT2D eigenvalue weighted by molar-refractivity contribution is 5.64. The van der Waals surface area contributed by atoms with Gasteiger partial charge in [-0.15, -0.1) is 0 Å². The van der Waals surface area contributed by atoms with Crippen LogP contribution in [-0.4, -0.2) is 22.6 Å². The molecule has 0 saturated heterocycles. The van der Waals surface area contributed by atoms with Gasteiger partial charge in [-0.05, 0) is 19.3 Å². The Labute approximate surface area is 145 Å². The lowest BCUT2D eigenvalue weighted by atomic mass is 10.1. The number of hydrogen-bond acceptors (Lipinski definition) is 4. The topological polar surface area (TPSA) is 49.8 Å². The molecule has 0 atom stereocenters. The van der Waals surface area contributed by atoms with E-state index in [4.69, 9.17) is 4.98 Å². The molecule has 1 saturated carbocycles. The van der Waals surface area contributed by atoms with Crippen molar-refractivity contribution in [2.24, 2.45) is 0 Å². The van der Waals surface area contributed by atoms with Crippen LogP contribution in [0, 0.1) is 0 Å². The molecule has 1 aliphatic rings. The Hall–Kier alpha value is -2.10. The normalized spacial score (nSPS) is 15.7. The van der Waals surface area contributed by atoms with Crippen molar-refractivity contribution in [3.8, 4) is 11.3 Å². The summed E-state index contributed by atoms with van der Waals surface area (Å²) in [4.78, 5) is 9.38. The zero-order chi connectivity index (χ0) is 16.6. The molecule has 0 amide bonds. The molecular formula is C20H28N4. The largest absolute Gasteiger partial charge is 0.367 e. The first-order valence-corrected chi connectivity index (χ1v) is 9.30. The van der Waals surface area contributed by atoms with Gasteiger partial charge in [-0.25, -0.2) is 4.98 Å². The summed E-state index contributed by atoms with van der Waals surface area (Å²) in [7, 11) is 0. The summed E-state index contributed by atoms with van der Waals surface area (Å²) >= 11 is 0. The van der Waals surface area contributed by atoms with E-state index < -0.39 is 0 Å². The van der Waals surface area contributed by atoms with E-state index >= 15 is 0 Å². The second-order valence-electron chi connectivity index (χ2n) is 6.59. The number of benzene rings is 1. The lowest BCUT2D eigenvalue weighted by molar-refractivity contribution is 0.617. The van der Waals surface area contributed by atoms with Gasteiger partial charge in [0.1, 0.15) is 5.82 Å². The molecule has 24 heavy (non-hydrogen) atoms. The minimum absolute atomic E-state index is 0.532. The van der Waals surface area contributed by atoms with Crippen LogP contribution in [0.4, 0.5) is 11.8 Å². The van der Waals surface area contributed by atoms with E-state index in [-0.39, 0.29) is 0 Å². The van der Waals surface area contributed by atoms with E-state index in [1.54, 1.807) is 0 Å². The molecule has 2 aromatic rings. The smallest absolute Gasteiger partial charge is 0.225 e. The second kappa shape index (κ2) is 8.67. The second-order valence-corrected chi connectivity index (χ2v) is 6.59. The predicted octanol–water partition coefficient (Wildman–Crippen LogP) is 5.10. The van der Waals surface area contributed by atoms with Gasteiger partial charge in [0.2, 0.25) is 5.95 Å². The fourth-order valence-electron chi connectivity index (χ4n) is 3.23. The van der Waals surface area contributed by atoms with E-state index in [2.05, 4.69) is 52.9 Å². The molecule has 4 heteroatoms. The molecule has 0 spiro atoms. The zero-order valence-corrected chi connectivity index (χ0v) is 14.6. The van der Waals surface area contributed by atoms with Crippen molar-refractivity contribution in [3.05, 3.63) is 36.4 Å².